The lowest BCUT2D eigenvalue weighted by Crippen LogP contribution is -2.49. The molecular weight excluding hydrogens is 332 g/mol. The number of fused-ring (bicyclic) bond motifs is 5. The van der Waals surface area contributed by atoms with Crippen LogP contribution in [0.2, 0.25) is 0 Å². The summed E-state index contributed by atoms with van der Waals surface area (Å²) in [6.45, 7) is 7.26. The molecule has 0 aromatic rings. The summed E-state index contributed by atoms with van der Waals surface area (Å²) in [6, 6.07) is 0. The summed E-state index contributed by atoms with van der Waals surface area (Å²) >= 11 is 0. The Balaban J connectivity index is 1.64. The van der Waals surface area contributed by atoms with Crippen LogP contribution in [-0.4, -0.2) is 11.1 Å². The van der Waals surface area contributed by atoms with E-state index in [1.54, 1.807) is 0 Å². The van der Waals surface area contributed by atoms with E-state index >= 15 is 0 Å². The molecule has 0 radical (unpaired) electrons. The quantitative estimate of drug-likeness (QED) is 0.542. The van der Waals surface area contributed by atoms with Crippen LogP contribution in [0.1, 0.15) is 91.4 Å². The molecule has 0 aromatic carbocycles. The minimum absolute atomic E-state index is 0.197. The molecule has 2 fully saturated rings. The van der Waals surface area contributed by atoms with Gasteiger partial charge in [-0.3, -0.25) is 0 Å². The Labute approximate surface area is 165 Å². The minimum atomic E-state index is -0.686. The van der Waals surface area contributed by atoms with E-state index < -0.39 is 5.97 Å². The summed E-state index contributed by atoms with van der Waals surface area (Å²) in [4.78, 5) is 12.0. The molecule has 0 heterocycles. The molecule has 27 heavy (non-hydrogen) atoms. The van der Waals surface area contributed by atoms with Gasteiger partial charge in [0.05, 0.1) is 0 Å². The Morgan fingerprint density at radius 3 is 2.74 bits per heavy atom. The van der Waals surface area contributed by atoms with Gasteiger partial charge in [0.25, 0.3) is 0 Å². The van der Waals surface area contributed by atoms with Gasteiger partial charge in [0, 0.05) is 5.57 Å². The van der Waals surface area contributed by atoms with Gasteiger partial charge in [0.2, 0.25) is 0 Å². The Bertz CT molecular complexity index is 659. The Morgan fingerprint density at radius 2 is 2.00 bits per heavy atom. The van der Waals surface area contributed by atoms with Crippen LogP contribution in [0.5, 0.6) is 0 Å². The number of carboxylic acid groups (broad SMARTS) is 1. The predicted molar refractivity (Wildman–Crippen MR) is 110 cm³/mol. The summed E-state index contributed by atoms with van der Waals surface area (Å²) in [5, 5.41) is 9.83. The lowest BCUT2D eigenvalue weighted by molar-refractivity contribution is -0.133. The molecule has 2 saturated carbocycles. The van der Waals surface area contributed by atoms with Crippen molar-refractivity contribution in [1.82, 2.24) is 0 Å². The van der Waals surface area contributed by atoms with Gasteiger partial charge in [-0.15, -0.1) is 0 Å². The number of carbonyl (C=O) groups is 1. The molecule has 0 spiro atoms. The Kier molecular flexibility index (Phi) is 5.06. The van der Waals surface area contributed by atoms with Crippen molar-refractivity contribution in [2.45, 2.75) is 91.4 Å². The molecule has 2 heteroatoms. The zero-order chi connectivity index (χ0) is 19.2. The third-order valence-corrected chi connectivity index (χ3v) is 9.13. The smallest absolute Gasteiger partial charge is 0.331 e. The maximum Gasteiger partial charge on any atom is 0.331 e. The van der Waals surface area contributed by atoms with E-state index in [-0.39, 0.29) is 11.3 Å². The summed E-state index contributed by atoms with van der Waals surface area (Å²) < 4.78 is 0. The normalized spacial score (nSPS) is 43.2. The van der Waals surface area contributed by atoms with E-state index in [0.29, 0.717) is 11.0 Å². The maximum atomic E-state index is 12.0. The van der Waals surface area contributed by atoms with Crippen LogP contribution in [0.25, 0.3) is 0 Å². The summed E-state index contributed by atoms with van der Waals surface area (Å²) in [5.74, 6) is 2.04. The zero-order valence-corrected chi connectivity index (χ0v) is 17.6. The fourth-order valence-corrected chi connectivity index (χ4v) is 7.65. The van der Waals surface area contributed by atoms with Crippen molar-refractivity contribution in [2.75, 3.05) is 0 Å². The van der Waals surface area contributed by atoms with Gasteiger partial charge in [-0.2, -0.15) is 0 Å². The van der Waals surface area contributed by atoms with Crippen molar-refractivity contribution >= 4 is 5.97 Å². The van der Waals surface area contributed by atoms with E-state index in [9.17, 15) is 9.90 Å². The number of aliphatic carboxylic acids is 1. The molecule has 0 bridgehead atoms. The molecule has 0 aromatic heterocycles. The topological polar surface area (TPSA) is 37.3 Å². The zero-order valence-electron chi connectivity index (χ0n) is 17.6. The van der Waals surface area contributed by atoms with E-state index in [2.05, 4.69) is 32.9 Å². The highest BCUT2D eigenvalue weighted by Gasteiger charge is 2.56. The number of hydrogen-bond donors (Lipinski definition) is 1. The van der Waals surface area contributed by atoms with Gasteiger partial charge < -0.3 is 5.11 Å². The third kappa shape index (κ3) is 3.12. The Hall–Kier alpha value is -1.05. The molecule has 0 amide bonds. The average molecular weight is 371 g/mol. The molecule has 4 rings (SSSR count). The third-order valence-electron chi connectivity index (χ3n) is 9.13. The highest BCUT2D eigenvalue weighted by molar-refractivity contribution is 5.88. The van der Waals surface area contributed by atoms with Crippen molar-refractivity contribution in [2.24, 2.45) is 34.5 Å². The van der Waals surface area contributed by atoms with Crippen LogP contribution >= 0.6 is 0 Å². The minimum Gasteiger partial charge on any atom is -0.478 e. The molecule has 4 aliphatic rings. The van der Waals surface area contributed by atoms with E-state index in [4.69, 9.17) is 0 Å². The van der Waals surface area contributed by atoms with Crippen LogP contribution in [0, 0.1) is 34.5 Å². The first kappa shape index (κ1) is 19.3. The monoisotopic (exact) mass is 370 g/mol. The van der Waals surface area contributed by atoms with Gasteiger partial charge in [-0.05, 0) is 91.1 Å². The molecule has 4 aliphatic carbocycles. The van der Waals surface area contributed by atoms with Crippen molar-refractivity contribution in [3.63, 3.8) is 0 Å². The first-order chi connectivity index (χ1) is 12.9. The maximum absolute atomic E-state index is 12.0. The summed E-state index contributed by atoms with van der Waals surface area (Å²) in [6.07, 6.45) is 18.4. The van der Waals surface area contributed by atoms with Crippen molar-refractivity contribution in [1.29, 1.82) is 0 Å². The van der Waals surface area contributed by atoms with E-state index in [1.165, 1.54) is 56.9 Å². The highest BCUT2D eigenvalue weighted by atomic mass is 16.4. The largest absolute Gasteiger partial charge is 0.478 e. The molecule has 1 unspecified atom stereocenters. The summed E-state index contributed by atoms with van der Waals surface area (Å²) in [5.41, 5.74) is 2.83. The van der Waals surface area contributed by atoms with Crippen LogP contribution in [-0.2, 0) is 4.79 Å². The molecule has 2 nitrogen and oxygen atoms in total. The molecular formula is C25H38O2. The van der Waals surface area contributed by atoms with Gasteiger partial charge in [0.15, 0.2) is 0 Å². The second-order valence-electron chi connectivity index (χ2n) is 10.6. The molecule has 0 saturated heterocycles. The van der Waals surface area contributed by atoms with Crippen LogP contribution in [0.3, 0.4) is 0 Å². The van der Waals surface area contributed by atoms with Crippen molar-refractivity contribution in [3.8, 4) is 0 Å². The van der Waals surface area contributed by atoms with Gasteiger partial charge in [-0.25, -0.2) is 4.79 Å². The number of rotatable bonds is 5. The van der Waals surface area contributed by atoms with Crippen LogP contribution in [0.15, 0.2) is 23.3 Å². The van der Waals surface area contributed by atoms with Gasteiger partial charge in [-0.1, -0.05) is 52.5 Å². The Morgan fingerprint density at radius 1 is 1.19 bits per heavy atom. The van der Waals surface area contributed by atoms with Crippen LogP contribution < -0.4 is 0 Å². The summed E-state index contributed by atoms with van der Waals surface area (Å²) in [7, 11) is 0. The van der Waals surface area contributed by atoms with E-state index in [1.807, 2.05) is 0 Å². The molecule has 0 aliphatic heterocycles. The molecule has 6 atom stereocenters. The van der Waals surface area contributed by atoms with Gasteiger partial charge >= 0.3 is 5.97 Å². The fraction of sp³-hybridized carbons (Fsp3) is 0.800. The average Bonchev–Trinajstić information content (AvgIpc) is 3.02. The second kappa shape index (κ2) is 7.08. The molecule has 1 N–H and O–H groups in total. The first-order valence-electron chi connectivity index (χ1n) is 11.5. The standard InChI is InChI=1S/C25H38O2/c1-4-5-6-8-17-16-25(3)18(15-20(17)23(26)27)10-11-19-21-9-7-13-24(21,2)14-12-22(19)25/h10,15,17,19,21-22H,4-9,11-14,16H2,1-3H3,(H,26,27)/t17?,19-,21-,22-,24-,25-/m0/s1. The fourth-order valence-electron chi connectivity index (χ4n) is 7.65. The number of hydrogen-bond acceptors (Lipinski definition) is 1. The lowest BCUT2D eigenvalue weighted by Gasteiger charge is -2.57. The predicted octanol–water partition coefficient (Wildman–Crippen LogP) is 6.77. The number of carboxylic acids is 1. The first-order valence-corrected chi connectivity index (χ1v) is 11.5. The number of unbranched alkanes of at least 4 members (excludes halogenated alkanes) is 2. The SMILES string of the molecule is CCCCCC1C[C@@]2(C)C(=CC[C@H]3[C@@H]4CCC[C@@]4(C)CC[C@@H]32)C=C1C(=O)O. The van der Waals surface area contributed by atoms with Crippen molar-refractivity contribution in [3.05, 3.63) is 23.3 Å². The lowest BCUT2D eigenvalue weighted by atomic mass is 9.47. The molecule has 150 valence electrons. The van der Waals surface area contributed by atoms with Gasteiger partial charge in [0.1, 0.15) is 0 Å². The van der Waals surface area contributed by atoms with Crippen molar-refractivity contribution < 1.29 is 9.90 Å². The van der Waals surface area contributed by atoms with E-state index in [0.717, 1.165) is 37.0 Å². The highest BCUT2D eigenvalue weighted by Crippen LogP contribution is 2.65. The van der Waals surface area contributed by atoms with Crippen LogP contribution in [0.4, 0.5) is 0 Å². The number of allylic oxidation sites excluding steroid dienone is 3. The second-order valence-corrected chi connectivity index (χ2v) is 10.6.